The maximum Gasteiger partial charge on any atom is 0.407 e. The second kappa shape index (κ2) is 7.80. The van der Waals surface area contributed by atoms with Crippen molar-refractivity contribution in [3.05, 3.63) is 22.3 Å². The van der Waals surface area contributed by atoms with Crippen molar-refractivity contribution in [2.75, 3.05) is 0 Å². The van der Waals surface area contributed by atoms with Gasteiger partial charge in [-0.25, -0.2) is 9.78 Å². The molecule has 1 saturated carbocycles. The van der Waals surface area contributed by atoms with Crippen molar-refractivity contribution in [1.82, 2.24) is 20.1 Å². The Morgan fingerprint density at radius 1 is 1.37 bits per heavy atom. The molecule has 1 fully saturated rings. The van der Waals surface area contributed by atoms with E-state index in [2.05, 4.69) is 20.6 Å². The summed E-state index contributed by atoms with van der Waals surface area (Å²) < 4.78 is 7.10. The zero-order valence-electron chi connectivity index (χ0n) is 15.7. The fraction of sp³-hybridized carbons (Fsp3) is 0.611. The van der Waals surface area contributed by atoms with Gasteiger partial charge in [-0.15, -0.1) is 10.0 Å². The molecule has 0 aromatic carbocycles. The summed E-state index contributed by atoms with van der Waals surface area (Å²) in [6.07, 6.45) is 4.82. The number of pyridine rings is 1. The van der Waals surface area contributed by atoms with E-state index in [1.807, 2.05) is 20.8 Å². The Balaban J connectivity index is 1.60. The topological polar surface area (TPSA) is 98.5 Å². The average Bonchev–Trinajstić information content (AvgIpc) is 2.92. The highest BCUT2D eigenvalue weighted by atomic mass is 35.5. The van der Waals surface area contributed by atoms with Gasteiger partial charge in [0.05, 0.1) is 10.9 Å². The molecule has 1 N–H and O–H groups in total. The molecule has 1 aliphatic carbocycles. The fourth-order valence-corrected chi connectivity index (χ4v) is 3.59. The van der Waals surface area contributed by atoms with Gasteiger partial charge in [-0.3, -0.25) is 4.68 Å². The predicted octanol–water partition coefficient (Wildman–Crippen LogP) is 4.57. The van der Waals surface area contributed by atoms with Crippen LogP contribution in [0.25, 0.3) is 10.9 Å². The first-order chi connectivity index (χ1) is 12.7. The number of carbonyl (C=O) groups is 1. The lowest BCUT2D eigenvalue weighted by Gasteiger charge is -2.30. The Labute approximate surface area is 162 Å². The standard InChI is InChI=1S/C18H24ClN5O3/c1-18(2,3)27-17(25)21-12-6-4-11(5-7-12)10-24-14-8-15(19)20-9-13(14)16(22-24)23-26/h8-9,11-12H,4-7,10H2,1-3H3,(H,21,25)/t11-,12-. The van der Waals surface area contributed by atoms with Crippen molar-refractivity contribution < 1.29 is 9.53 Å². The molecule has 2 aromatic heterocycles. The molecule has 0 radical (unpaired) electrons. The van der Waals surface area contributed by atoms with Crippen LogP contribution < -0.4 is 5.32 Å². The molecule has 0 unspecified atom stereocenters. The van der Waals surface area contributed by atoms with Gasteiger partial charge in [0.2, 0.25) is 5.82 Å². The smallest absolute Gasteiger partial charge is 0.407 e. The molecule has 146 valence electrons. The molecule has 3 rings (SSSR count). The zero-order chi connectivity index (χ0) is 19.6. The molecule has 8 nitrogen and oxygen atoms in total. The molecule has 0 saturated heterocycles. The molecular formula is C18H24ClN5O3. The third-order valence-corrected chi connectivity index (χ3v) is 4.88. The van der Waals surface area contributed by atoms with Gasteiger partial charge in [0.25, 0.3) is 0 Å². The predicted molar refractivity (Wildman–Crippen MR) is 103 cm³/mol. The highest BCUT2D eigenvalue weighted by molar-refractivity contribution is 6.30. The number of rotatable bonds is 4. The Hall–Kier alpha value is -2.22. The van der Waals surface area contributed by atoms with Crippen LogP contribution in [0.2, 0.25) is 5.15 Å². The maximum atomic E-state index is 11.9. The van der Waals surface area contributed by atoms with Gasteiger partial charge in [-0.05, 0) is 57.5 Å². The number of hydrogen-bond donors (Lipinski definition) is 1. The largest absolute Gasteiger partial charge is 0.444 e. The van der Waals surface area contributed by atoms with Crippen LogP contribution in [0.5, 0.6) is 0 Å². The van der Waals surface area contributed by atoms with Gasteiger partial charge in [0.15, 0.2) is 0 Å². The minimum atomic E-state index is -0.497. The average molecular weight is 394 g/mol. The summed E-state index contributed by atoms with van der Waals surface area (Å²) in [4.78, 5) is 26.9. The Kier molecular flexibility index (Phi) is 5.64. The summed E-state index contributed by atoms with van der Waals surface area (Å²) in [6.45, 7) is 6.22. The van der Waals surface area contributed by atoms with Crippen molar-refractivity contribution >= 4 is 34.4 Å². The quantitative estimate of drug-likeness (QED) is 0.606. The lowest BCUT2D eigenvalue weighted by atomic mass is 9.86. The van der Waals surface area contributed by atoms with Crippen molar-refractivity contribution in [3.8, 4) is 0 Å². The first-order valence-electron chi connectivity index (χ1n) is 9.10. The van der Waals surface area contributed by atoms with Crippen molar-refractivity contribution in [2.45, 2.75) is 64.6 Å². The normalized spacial score (nSPS) is 20.4. The van der Waals surface area contributed by atoms with E-state index >= 15 is 0 Å². The molecule has 2 heterocycles. The van der Waals surface area contributed by atoms with Gasteiger partial charge < -0.3 is 10.1 Å². The molecule has 1 aliphatic rings. The minimum Gasteiger partial charge on any atom is -0.444 e. The molecule has 0 atom stereocenters. The first kappa shape index (κ1) is 19.5. The van der Waals surface area contributed by atoms with E-state index in [0.717, 1.165) is 31.2 Å². The summed E-state index contributed by atoms with van der Waals surface area (Å²) in [5.74, 6) is 0.533. The Morgan fingerprint density at radius 2 is 2.07 bits per heavy atom. The number of hydrogen-bond acceptors (Lipinski definition) is 6. The second-order valence-corrected chi connectivity index (χ2v) is 8.37. The van der Waals surface area contributed by atoms with Crippen molar-refractivity contribution in [1.29, 1.82) is 0 Å². The molecule has 0 spiro atoms. The summed E-state index contributed by atoms with van der Waals surface area (Å²) >= 11 is 5.99. The summed E-state index contributed by atoms with van der Waals surface area (Å²) in [5, 5.41) is 11.2. The number of nitrogens with zero attached hydrogens (tertiary/aromatic N) is 4. The van der Waals surface area contributed by atoms with Gasteiger partial charge in [-0.2, -0.15) is 0 Å². The third kappa shape index (κ3) is 4.94. The molecule has 1 amide bonds. The molecular weight excluding hydrogens is 370 g/mol. The van der Waals surface area contributed by atoms with Gasteiger partial charge >= 0.3 is 6.09 Å². The van der Waals surface area contributed by atoms with E-state index < -0.39 is 5.60 Å². The number of alkyl carbamates (subject to hydrolysis) is 1. The Bertz CT molecular complexity index is 837. The SMILES string of the molecule is CC(C)(C)OC(=O)N[C@H]1CC[C@H](Cn2nc(N=O)c3cnc(Cl)cc32)CC1. The van der Waals surface area contributed by atoms with Gasteiger partial charge in [-0.1, -0.05) is 11.6 Å². The van der Waals surface area contributed by atoms with E-state index in [1.54, 1.807) is 10.7 Å². The number of carbonyl (C=O) groups excluding carboxylic acids is 1. The summed E-state index contributed by atoms with van der Waals surface area (Å²) in [7, 11) is 0. The minimum absolute atomic E-state index is 0.122. The van der Waals surface area contributed by atoms with Crippen LogP contribution in [-0.2, 0) is 11.3 Å². The van der Waals surface area contributed by atoms with Crippen molar-refractivity contribution in [2.24, 2.45) is 11.1 Å². The molecule has 27 heavy (non-hydrogen) atoms. The lowest BCUT2D eigenvalue weighted by molar-refractivity contribution is 0.0486. The summed E-state index contributed by atoms with van der Waals surface area (Å²) in [6, 6.07) is 1.82. The Morgan fingerprint density at radius 3 is 2.70 bits per heavy atom. The number of amides is 1. The number of nitrogens with one attached hydrogen (secondary N) is 1. The monoisotopic (exact) mass is 393 g/mol. The van der Waals surface area contributed by atoms with E-state index in [4.69, 9.17) is 16.3 Å². The zero-order valence-corrected chi connectivity index (χ0v) is 16.5. The maximum absolute atomic E-state index is 11.9. The van der Waals surface area contributed by atoms with Crippen LogP contribution in [0, 0.1) is 10.8 Å². The number of aromatic nitrogens is 3. The van der Waals surface area contributed by atoms with E-state index in [0.29, 0.717) is 23.0 Å². The van der Waals surface area contributed by atoms with Crippen LogP contribution >= 0.6 is 11.6 Å². The van der Waals surface area contributed by atoms with Gasteiger partial charge in [0, 0.05) is 24.8 Å². The summed E-state index contributed by atoms with van der Waals surface area (Å²) in [5.41, 5.74) is 0.265. The van der Waals surface area contributed by atoms with Crippen LogP contribution in [0.4, 0.5) is 10.6 Å². The number of ether oxygens (including phenoxy) is 1. The number of halogens is 1. The fourth-order valence-electron chi connectivity index (χ4n) is 3.44. The van der Waals surface area contributed by atoms with E-state index in [1.165, 1.54) is 6.20 Å². The van der Waals surface area contributed by atoms with Crippen LogP contribution in [0.15, 0.2) is 17.4 Å². The molecule has 0 bridgehead atoms. The number of nitroso groups, excluding NO2 is 1. The molecule has 9 heteroatoms. The van der Waals surface area contributed by atoms with Crippen LogP contribution in [0.1, 0.15) is 46.5 Å². The molecule has 0 aliphatic heterocycles. The van der Waals surface area contributed by atoms with E-state index in [-0.39, 0.29) is 18.0 Å². The highest BCUT2D eigenvalue weighted by Gasteiger charge is 2.26. The second-order valence-electron chi connectivity index (χ2n) is 7.99. The van der Waals surface area contributed by atoms with Crippen LogP contribution in [-0.4, -0.2) is 32.5 Å². The third-order valence-electron chi connectivity index (χ3n) is 4.67. The first-order valence-corrected chi connectivity index (χ1v) is 9.48. The van der Waals surface area contributed by atoms with E-state index in [9.17, 15) is 9.70 Å². The van der Waals surface area contributed by atoms with Crippen molar-refractivity contribution in [3.63, 3.8) is 0 Å². The number of fused-ring (bicyclic) bond motifs is 1. The van der Waals surface area contributed by atoms with Gasteiger partial charge in [0.1, 0.15) is 10.8 Å². The molecule has 2 aromatic rings. The lowest BCUT2D eigenvalue weighted by Crippen LogP contribution is -2.41. The van der Waals surface area contributed by atoms with Crippen LogP contribution in [0.3, 0.4) is 0 Å². The highest BCUT2D eigenvalue weighted by Crippen LogP contribution is 2.30.